The number of amides is 1. The maximum Gasteiger partial charge on any atom is 0.350 e. The largest absolute Gasteiger partial charge is 0.480 e. The number of carboxylic acids is 1. The molecule has 2 heterocycles. The molecule has 2 aromatic rings. The predicted molar refractivity (Wildman–Crippen MR) is 69.3 cm³/mol. The molecule has 1 amide bonds. The Bertz CT molecular complexity index is 703. The maximum atomic E-state index is 11.9. The lowest BCUT2D eigenvalue weighted by molar-refractivity contribution is -0.142. The first kappa shape index (κ1) is 13.8. The summed E-state index contributed by atoms with van der Waals surface area (Å²) in [5, 5.41) is 15.2. The Labute approximate surface area is 113 Å². The van der Waals surface area contributed by atoms with Crippen LogP contribution in [0.3, 0.4) is 0 Å². The van der Waals surface area contributed by atoms with Crippen LogP contribution >= 0.6 is 0 Å². The number of hydrogen-bond acceptors (Lipinski definition) is 4. The molecule has 20 heavy (non-hydrogen) atoms. The normalized spacial score (nSPS) is 12.2. The lowest BCUT2D eigenvalue weighted by Gasteiger charge is -2.11. The number of hydrogen-bond donors (Lipinski definition) is 2. The molecule has 1 atom stereocenters. The molecule has 0 aliphatic heterocycles. The van der Waals surface area contributed by atoms with Gasteiger partial charge in [0.1, 0.15) is 12.6 Å². The first-order valence-electron chi connectivity index (χ1n) is 6.09. The van der Waals surface area contributed by atoms with Gasteiger partial charge in [0.05, 0.1) is 0 Å². The minimum atomic E-state index is -1.11. The Balaban J connectivity index is 2.16. The van der Waals surface area contributed by atoms with E-state index in [1.54, 1.807) is 31.3 Å². The number of nitrogens with zero attached hydrogens (tertiary/aromatic N) is 3. The highest BCUT2D eigenvalue weighted by atomic mass is 16.4. The van der Waals surface area contributed by atoms with Gasteiger partial charge in [0, 0.05) is 6.20 Å². The van der Waals surface area contributed by atoms with Crippen molar-refractivity contribution in [3.8, 4) is 0 Å². The van der Waals surface area contributed by atoms with Gasteiger partial charge in [0.2, 0.25) is 5.91 Å². The van der Waals surface area contributed by atoms with Crippen LogP contribution in [0.5, 0.6) is 0 Å². The summed E-state index contributed by atoms with van der Waals surface area (Å²) in [5.74, 6) is -1.67. The van der Waals surface area contributed by atoms with Gasteiger partial charge < -0.3 is 10.4 Å². The van der Waals surface area contributed by atoms with E-state index in [2.05, 4.69) is 10.4 Å². The number of pyridine rings is 1. The van der Waals surface area contributed by atoms with E-state index in [1.807, 2.05) is 0 Å². The first-order chi connectivity index (χ1) is 9.52. The molecule has 0 radical (unpaired) electrons. The van der Waals surface area contributed by atoms with Crippen molar-refractivity contribution in [1.29, 1.82) is 0 Å². The van der Waals surface area contributed by atoms with Crippen molar-refractivity contribution in [1.82, 2.24) is 19.5 Å². The van der Waals surface area contributed by atoms with Gasteiger partial charge in [-0.05, 0) is 18.6 Å². The molecule has 0 spiro atoms. The topological polar surface area (TPSA) is 106 Å². The third-order valence-electron chi connectivity index (χ3n) is 2.82. The average molecular weight is 278 g/mol. The predicted octanol–water partition coefficient (Wildman–Crippen LogP) is -0.525. The van der Waals surface area contributed by atoms with Crippen LogP contribution in [0.4, 0.5) is 0 Å². The second-order valence-electron chi connectivity index (χ2n) is 4.24. The zero-order valence-corrected chi connectivity index (χ0v) is 10.8. The van der Waals surface area contributed by atoms with E-state index in [0.717, 1.165) is 4.68 Å². The van der Waals surface area contributed by atoms with E-state index >= 15 is 0 Å². The summed E-state index contributed by atoms with van der Waals surface area (Å²) in [7, 11) is 0. The van der Waals surface area contributed by atoms with Gasteiger partial charge in [-0.25, -0.2) is 14.3 Å². The van der Waals surface area contributed by atoms with E-state index in [1.165, 1.54) is 4.40 Å². The molecular formula is C12H14N4O4. The summed E-state index contributed by atoms with van der Waals surface area (Å²) >= 11 is 0. The van der Waals surface area contributed by atoms with Gasteiger partial charge in [0.25, 0.3) is 0 Å². The minimum Gasteiger partial charge on any atom is -0.480 e. The lowest BCUT2D eigenvalue weighted by Crippen LogP contribution is -2.43. The molecule has 8 nitrogen and oxygen atoms in total. The number of aromatic nitrogens is 3. The molecule has 0 saturated carbocycles. The second kappa shape index (κ2) is 5.55. The van der Waals surface area contributed by atoms with E-state index in [0.29, 0.717) is 5.65 Å². The molecule has 0 aliphatic carbocycles. The van der Waals surface area contributed by atoms with Crippen molar-refractivity contribution in [2.45, 2.75) is 25.9 Å². The Morgan fingerprint density at radius 3 is 2.80 bits per heavy atom. The summed E-state index contributed by atoms with van der Waals surface area (Å²) in [4.78, 5) is 34.5. The van der Waals surface area contributed by atoms with Crippen LogP contribution in [0.15, 0.2) is 29.2 Å². The molecule has 2 rings (SSSR count). The van der Waals surface area contributed by atoms with Gasteiger partial charge in [-0.1, -0.05) is 13.0 Å². The number of aliphatic carboxylic acids is 1. The van der Waals surface area contributed by atoms with Crippen molar-refractivity contribution in [2.75, 3.05) is 0 Å². The van der Waals surface area contributed by atoms with Crippen LogP contribution in [-0.4, -0.2) is 37.2 Å². The first-order valence-corrected chi connectivity index (χ1v) is 6.09. The fourth-order valence-electron chi connectivity index (χ4n) is 1.79. The van der Waals surface area contributed by atoms with Crippen LogP contribution in [-0.2, 0) is 16.1 Å². The van der Waals surface area contributed by atoms with Crippen LogP contribution in [0.1, 0.15) is 13.3 Å². The standard InChI is InChI=1S/C12H14N4O4/c1-2-8(11(18)19)13-10(17)7-16-12(20)15-6-4-3-5-9(15)14-16/h3-6,8H,2,7H2,1H3,(H,13,17)(H,18,19)/t8-/m0/s1. The van der Waals surface area contributed by atoms with Crippen LogP contribution in [0.25, 0.3) is 5.65 Å². The Morgan fingerprint density at radius 2 is 2.20 bits per heavy atom. The summed E-state index contributed by atoms with van der Waals surface area (Å²) in [6, 6.07) is 4.08. The number of carboxylic acid groups (broad SMARTS) is 1. The SMILES string of the molecule is CC[C@H](NC(=O)Cn1nc2ccccn2c1=O)C(=O)O. The summed E-state index contributed by atoms with van der Waals surface area (Å²) in [6.45, 7) is 1.33. The van der Waals surface area contributed by atoms with Crippen LogP contribution < -0.4 is 11.0 Å². The quantitative estimate of drug-likeness (QED) is 0.765. The van der Waals surface area contributed by atoms with Gasteiger partial charge in [-0.3, -0.25) is 9.20 Å². The third kappa shape index (κ3) is 2.68. The second-order valence-corrected chi connectivity index (χ2v) is 4.24. The molecule has 0 aliphatic rings. The molecule has 0 fully saturated rings. The molecule has 2 aromatic heterocycles. The fourth-order valence-corrected chi connectivity index (χ4v) is 1.79. The Kier molecular flexibility index (Phi) is 3.83. The number of rotatable bonds is 5. The fraction of sp³-hybridized carbons (Fsp3) is 0.333. The van der Waals surface area contributed by atoms with Gasteiger partial charge in [-0.15, -0.1) is 5.10 Å². The Morgan fingerprint density at radius 1 is 1.45 bits per heavy atom. The van der Waals surface area contributed by atoms with E-state index in [9.17, 15) is 14.4 Å². The summed E-state index contributed by atoms with van der Waals surface area (Å²) in [6.07, 6.45) is 1.81. The number of nitrogens with one attached hydrogen (secondary N) is 1. The molecule has 0 unspecified atom stereocenters. The smallest absolute Gasteiger partial charge is 0.350 e. The van der Waals surface area contributed by atoms with Crippen molar-refractivity contribution in [3.05, 3.63) is 34.9 Å². The van der Waals surface area contributed by atoms with E-state index < -0.39 is 23.6 Å². The third-order valence-corrected chi connectivity index (χ3v) is 2.82. The van der Waals surface area contributed by atoms with E-state index in [-0.39, 0.29) is 13.0 Å². The maximum absolute atomic E-state index is 11.9. The average Bonchev–Trinajstić information content (AvgIpc) is 2.73. The van der Waals surface area contributed by atoms with Gasteiger partial charge in [-0.2, -0.15) is 0 Å². The molecule has 0 bridgehead atoms. The summed E-state index contributed by atoms with van der Waals surface area (Å²) in [5.41, 5.74) is -0.0188. The van der Waals surface area contributed by atoms with Gasteiger partial charge in [0.15, 0.2) is 5.65 Å². The van der Waals surface area contributed by atoms with Crippen LogP contribution in [0.2, 0.25) is 0 Å². The molecule has 0 aromatic carbocycles. The Hall–Kier alpha value is -2.64. The van der Waals surface area contributed by atoms with Crippen molar-refractivity contribution >= 4 is 17.5 Å². The minimum absolute atomic E-state index is 0.265. The highest BCUT2D eigenvalue weighted by Crippen LogP contribution is 1.96. The lowest BCUT2D eigenvalue weighted by atomic mass is 10.2. The van der Waals surface area contributed by atoms with E-state index in [4.69, 9.17) is 5.11 Å². The number of carbonyl (C=O) groups is 2. The van der Waals surface area contributed by atoms with Crippen molar-refractivity contribution < 1.29 is 14.7 Å². The van der Waals surface area contributed by atoms with Gasteiger partial charge >= 0.3 is 11.7 Å². The number of carbonyl (C=O) groups excluding carboxylic acids is 1. The highest BCUT2D eigenvalue weighted by molar-refractivity contribution is 5.83. The number of fused-ring (bicyclic) bond motifs is 1. The molecule has 106 valence electrons. The zero-order valence-electron chi connectivity index (χ0n) is 10.8. The monoisotopic (exact) mass is 278 g/mol. The highest BCUT2D eigenvalue weighted by Gasteiger charge is 2.18. The molecular weight excluding hydrogens is 264 g/mol. The molecule has 0 saturated heterocycles. The van der Waals surface area contributed by atoms with Crippen LogP contribution in [0, 0.1) is 0 Å². The van der Waals surface area contributed by atoms with Crippen molar-refractivity contribution in [2.24, 2.45) is 0 Å². The molecule has 2 N–H and O–H groups in total. The van der Waals surface area contributed by atoms with Crippen molar-refractivity contribution in [3.63, 3.8) is 0 Å². The zero-order chi connectivity index (χ0) is 14.7. The molecule has 8 heteroatoms. The summed E-state index contributed by atoms with van der Waals surface area (Å²) < 4.78 is 2.31.